The summed E-state index contributed by atoms with van der Waals surface area (Å²) in [7, 11) is 0. The van der Waals surface area contributed by atoms with E-state index >= 15 is 0 Å². The number of halogens is 2. The summed E-state index contributed by atoms with van der Waals surface area (Å²) in [6.45, 7) is 4.41. The number of benzene rings is 5. The Bertz CT molecular complexity index is 1760. The van der Waals surface area contributed by atoms with Crippen LogP contribution in [-0.4, -0.2) is 6.16 Å². The third-order valence-corrected chi connectivity index (χ3v) is 9.97. The van der Waals surface area contributed by atoms with Crippen LogP contribution in [0.2, 0.25) is 0 Å². The van der Waals surface area contributed by atoms with Crippen molar-refractivity contribution in [2.75, 3.05) is 0 Å². The molecular formula is C41H38Cl2SiZr-2. The van der Waals surface area contributed by atoms with E-state index in [-0.39, 0.29) is 24.8 Å². The van der Waals surface area contributed by atoms with Gasteiger partial charge in [-0.15, -0.1) is 69.1 Å². The Morgan fingerprint density at radius 2 is 0.911 bits per heavy atom. The Hall–Kier alpha value is -3.00. The number of hydrogen-bond donors (Lipinski definition) is 0. The second-order valence-electron chi connectivity index (χ2n) is 10.7. The molecule has 0 aliphatic carbocycles. The van der Waals surface area contributed by atoms with E-state index in [2.05, 4.69) is 166 Å². The number of rotatable bonds is 6. The van der Waals surface area contributed by atoms with Crippen LogP contribution in [0.4, 0.5) is 0 Å². The molecular weight excluding hydrogens is 683 g/mol. The predicted octanol–water partition coefficient (Wildman–Crippen LogP) is 4.67. The van der Waals surface area contributed by atoms with Crippen LogP contribution in [0.3, 0.4) is 0 Å². The molecule has 0 bridgehead atoms. The fourth-order valence-electron chi connectivity index (χ4n) is 5.47. The fraction of sp³-hybridized carbons (Fsp3) is 0.122. The Morgan fingerprint density at radius 1 is 0.511 bits per heavy atom. The van der Waals surface area contributed by atoms with Crippen molar-refractivity contribution in [3.63, 3.8) is 0 Å². The molecule has 0 fully saturated rings. The zero-order valence-electron chi connectivity index (χ0n) is 25.9. The fourth-order valence-corrected chi connectivity index (χ4v) is 7.72. The average Bonchev–Trinajstić information content (AvgIpc) is 3.71. The maximum atomic E-state index is 2.32. The third kappa shape index (κ3) is 9.74. The molecule has 226 valence electrons. The van der Waals surface area contributed by atoms with Crippen molar-refractivity contribution >= 4 is 27.7 Å². The van der Waals surface area contributed by atoms with E-state index in [1.54, 1.807) is 23.3 Å². The molecule has 7 aromatic rings. The van der Waals surface area contributed by atoms with Crippen molar-refractivity contribution in [3.05, 3.63) is 168 Å². The van der Waals surface area contributed by atoms with Crippen molar-refractivity contribution in [1.82, 2.24) is 0 Å². The normalized spacial score (nSPS) is 10.0. The molecule has 0 aliphatic rings. The Morgan fingerprint density at radius 3 is 1.29 bits per heavy atom. The molecule has 0 nitrogen and oxygen atoms in total. The maximum absolute atomic E-state index is 2.32. The molecule has 0 N–H and O–H groups in total. The Balaban J connectivity index is 0.000000189. The van der Waals surface area contributed by atoms with Gasteiger partial charge >= 0.3 is 71.4 Å². The summed E-state index contributed by atoms with van der Waals surface area (Å²) in [5.41, 5.74) is 9.61. The van der Waals surface area contributed by atoms with Crippen molar-refractivity contribution in [3.8, 4) is 22.3 Å². The molecule has 0 unspecified atom stereocenters. The van der Waals surface area contributed by atoms with Crippen molar-refractivity contribution in [2.45, 2.75) is 32.7 Å². The first-order valence-corrected chi connectivity index (χ1v) is 20.9. The number of fused-ring (bicyclic) bond motifs is 2. The first-order valence-electron chi connectivity index (χ1n) is 15.2. The summed E-state index contributed by atoms with van der Waals surface area (Å²) in [5, 5.41) is 5.44. The van der Waals surface area contributed by atoms with Gasteiger partial charge < -0.3 is 24.8 Å². The van der Waals surface area contributed by atoms with Gasteiger partial charge in [-0.3, -0.25) is 0 Å². The van der Waals surface area contributed by atoms with Crippen molar-refractivity contribution in [1.29, 1.82) is 0 Å². The second-order valence-corrected chi connectivity index (χ2v) is 14.5. The molecule has 0 spiro atoms. The predicted molar refractivity (Wildman–Crippen MR) is 186 cm³/mol. The minimum atomic E-state index is 0. The number of aryl methyl sites for hydroxylation is 2. The first-order chi connectivity index (χ1) is 21.2. The van der Waals surface area contributed by atoms with E-state index in [0.29, 0.717) is 6.16 Å². The van der Waals surface area contributed by atoms with Gasteiger partial charge in [-0.1, -0.05) is 97.8 Å². The zero-order valence-corrected chi connectivity index (χ0v) is 31.0. The first kappa shape index (κ1) is 36.5. The van der Waals surface area contributed by atoms with Crippen LogP contribution in [0.25, 0.3) is 43.8 Å². The van der Waals surface area contributed by atoms with Crippen LogP contribution in [0.5, 0.6) is 0 Å². The van der Waals surface area contributed by atoms with E-state index in [9.17, 15) is 0 Å². The summed E-state index contributed by atoms with van der Waals surface area (Å²) in [4.78, 5) is 0. The second kappa shape index (κ2) is 18.8. The van der Waals surface area contributed by atoms with Gasteiger partial charge in [0, 0.05) is 0 Å². The van der Waals surface area contributed by atoms with E-state index in [1.807, 2.05) is 0 Å². The minimum absolute atomic E-state index is 0. The molecule has 7 rings (SSSR count). The summed E-state index contributed by atoms with van der Waals surface area (Å²) < 4.78 is 0. The van der Waals surface area contributed by atoms with E-state index in [1.165, 1.54) is 66.5 Å². The molecule has 0 aliphatic heterocycles. The molecule has 0 atom stereocenters. The third-order valence-electron chi connectivity index (χ3n) is 7.79. The number of hydrogen-bond acceptors (Lipinski definition) is 0. The topological polar surface area (TPSA) is 0 Å². The van der Waals surface area contributed by atoms with Gasteiger partial charge in [0.1, 0.15) is 0 Å². The van der Waals surface area contributed by atoms with Crippen LogP contribution >= 0.6 is 0 Å². The summed E-state index contributed by atoms with van der Waals surface area (Å²) in [6.07, 6.45) is 2.92. The standard InChI is InChI=1S/2C17H15.C7H8Si.2ClH.Zr/c2*1-2-13-11-15-9-6-10-16(17(15)12-13)14-7-4-3-5-8-14;8-6-7-4-2-1-3-5-7;;;/h2*3-12H,2H2,1H3;1-5,8H,6H2;2*1H;/q2*-1;;;;+2/p-2. The molecule has 0 heterocycles. The monoisotopic (exact) mass is 718 g/mol. The molecule has 0 amide bonds. The van der Waals surface area contributed by atoms with Crippen molar-refractivity contribution < 1.29 is 48.1 Å². The molecule has 0 aromatic heterocycles. The van der Waals surface area contributed by atoms with Gasteiger partial charge in [-0.2, -0.15) is 12.1 Å². The van der Waals surface area contributed by atoms with Crippen molar-refractivity contribution in [2.24, 2.45) is 0 Å². The van der Waals surface area contributed by atoms with Crippen LogP contribution in [0.1, 0.15) is 30.5 Å². The molecule has 0 radical (unpaired) electrons. The van der Waals surface area contributed by atoms with E-state index in [0.717, 1.165) is 12.8 Å². The van der Waals surface area contributed by atoms with Gasteiger partial charge in [0.2, 0.25) is 0 Å². The van der Waals surface area contributed by atoms with Crippen LogP contribution in [-0.2, 0) is 42.2 Å². The van der Waals surface area contributed by atoms with Crippen LogP contribution < -0.4 is 24.8 Å². The summed E-state index contributed by atoms with van der Waals surface area (Å²) >= 11 is 1.72. The SMILES string of the molecule is CCc1cc2c(-c3ccccc3)cccc2[cH-]1.CCc1cc2c(-c3ccccc3)cccc2[cH-]1.[Cl-].[Cl-].[Zr+2]=[SiH]Cc1ccccc1. The molecule has 4 heteroatoms. The van der Waals surface area contributed by atoms with Gasteiger partial charge in [0.25, 0.3) is 0 Å². The van der Waals surface area contributed by atoms with E-state index in [4.69, 9.17) is 0 Å². The van der Waals surface area contributed by atoms with E-state index < -0.39 is 0 Å². The van der Waals surface area contributed by atoms with Gasteiger partial charge in [0.15, 0.2) is 0 Å². The summed E-state index contributed by atoms with van der Waals surface area (Å²) in [5.74, 6) is 0. The molecule has 0 saturated carbocycles. The zero-order chi connectivity index (χ0) is 29.9. The Kier molecular flexibility index (Phi) is 15.3. The van der Waals surface area contributed by atoms with Gasteiger partial charge in [-0.05, 0) is 24.0 Å². The van der Waals surface area contributed by atoms with Crippen LogP contribution in [0, 0.1) is 0 Å². The van der Waals surface area contributed by atoms with Crippen LogP contribution in [0.15, 0.2) is 152 Å². The molecule has 7 aromatic carbocycles. The Labute approximate surface area is 297 Å². The van der Waals surface area contributed by atoms with Gasteiger partial charge in [-0.25, -0.2) is 0 Å². The summed E-state index contributed by atoms with van der Waals surface area (Å²) in [6, 6.07) is 55.5. The molecule has 0 saturated heterocycles. The van der Waals surface area contributed by atoms with Gasteiger partial charge in [0.05, 0.1) is 0 Å². The molecule has 45 heavy (non-hydrogen) atoms. The average molecular weight is 721 g/mol. The quantitative estimate of drug-likeness (QED) is 0.173.